The minimum Gasteiger partial charge on any atom is -0.497 e. The molecule has 0 aliphatic rings. The maximum atomic E-state index is 12.5. The van der Waals surface area contributed by atoms with E-state index in [9.17, 15) is 9.59 Å². The first-order valence-corrected chi connectivity index (χ1v) is 9.50. The lowest BCUT2D eigenvalue weighted by Crippen LogP contribution is -2.20. The normalized spacial score (nSPS) is 11.1. The summed E-state index contributed by atoms with van der Waals surface area (Å²) in [6.07, 6.45) is 0. The van der Waals surface area contributed by atoms with E-state index in [4.69, 9.17) is 23.7 Å². The van der Waals surface area contributed by atoms with E-state index in [0.29, 0.717) is 34.2 Å². The summed E-state index contributed by atoms with van der Waals surface area (Å²) in [6, 6.07) is 8.67. The van der Waals surface area contributed by atoms with Gasteiger partial charge in [-0.1, -0.05) is 12.6 Å². The third kappa shape index (κ3) is 5.69. The monoisotopic (exact) mass is 429 g/mol. The molecule has 0 aromatic heterocycles. The molecule has 2 rings (SSSR count). The van der Waals surface area contributed by atoms with E-state index in [2.05, 4.69) is 11.9 Å². The largest absolute Gasteiger partial charge is 0.497 e. The minimum absolute atomic E-state index is 0.149. The van der Waals surface area contributed by atoms with E-state index >= 15 is 0 Å². The minimum atomic E-state index is -0.734. The van der Waals surface area contributed by atoms with Crippen LogP contribution in [0.3, 0.4) is 0 Å². The summed E-state index contributed by atoms with van der Waals surface area (Å²) in [7, 11) is 5.98. The fourth-order valence-corrected chi connectivity index (χ4v) is 2.96. The molecule has 0 saturated carbocycles. The molecule has 2 aromatic rings. The predicted molar refractivity (Wildman–Crippen MR) is 117 cm³/mol. The van der Waals surface area contributed by atoms with Gasteiger partial charge in [0.1, 0.15) is 5.75 Å². The van der Waals surface area contributed by atoms with Crippen molar-refractivity contribution in [2.75, 3.05) is 40.4 Å². The first kappa shape index (κ1) is 23.6. The summed E-state index contributed by atoms with van der Waals surface area (Å²) in [4.78, 5) is 24.4. The van der Waals surface area contributed by atoms with E-state index in [1.165, 1.54) is 40.6 Å². The van der Waals surface area contributed by atoms with Gasteiger partial charge in [-0.25, -0.2) is 4.79 Å². The molecule has 1 atom stereocenters. The van der Waals surface area contributed by atoms with Crippen LogP contribution >= 0.6 is 0 Å². The molecular weight excluding hydrogens is 402 g/mol. The Morgan fingerprint density at radius 1 is 0.968 bits per heavy atom. The number of carbonyl (C=O) groups is 1. The van der Waals surface area contributed by atoms with Crippen LogP contribution in [0.1, 0.15) is 18.5 Å². The Morgan fingerprint density at radius 2 is 1.61 bits per heavy atom. The van der Waals surface area contributed by atoms with Crippen LogP contribution in [0, 0.1) is 0 Å². The van der Waals surface area contributed by atoms with Gasteiger partial charge in [0.15, 0.2) is 16.9 Å². The molecular formula is C23H27NO7. The summed E-state index contributed by atoms with van der Waals surface area (Å²) in [6.45, 7) is 5.83. The first-order valence-electron chi connectivity index (χ1n) is 9.50. The fraction of sp³-hybridized carbons (Fsp3) is 0.304. The highest BCUT2D eigenvalue weighted by Crippen LogP contribution is 2.41. The lowest BCUT2D eigenvalue weighted by atomic mass is 10.0. The molecule has 0 aliphatic carbocycles. The third-order valence-electron chi connectivity index (χ3n) is 4.46. The highest BCUT2D eigenvalue weighted by atomic mass is 16.5. The standard InChI is InChI=1S/C23H27NO7/c1-7-31-23(26)14(2)21(15-8-9-17(25)13-18(10-15)27-3)24-16-11-19(28-4)22(30-6)20(12-16)29-5/h8-13,21,24H,2,7H2,1,3-6H3/t21-/m1/s1. The highest BCUT2D eigenvalue weighted by molar-refractivity contribution is 5.90. The van der Waals surface area contributed by atoms with Crippen LogP contribution in [0.2, 0.25) is 0 Å². The maximum Gasteiger partial charge on any atom is 0.335 e. The van der Waals surface area contributed by atoms with Crippen molar-refractivity contribution < 1.29 is 28.5 Å². The quantitative estimate of drug-likeness (QED) is 0.454. The fourth-order valence-electron chi connectivity index (χ4n) is 2.96. The molecule has 166 valence electrons. The predicted octanol–water partition coefficient (Wildman–Crippen LogP) is 3.35. The Labute approximate surface area is 181 Å². The van der Waals surface area contributed by atoms with Crippen molar-refractivity contribution in [3.63, 3.8) is 0 Å². The zero-order chi connectivity index (χ0) is 23.0. The second kappa shape index (κ2) is 10.9. The van der Waals surface area contributed by atoms with Gasteiger partial charge >= 0.3 is 5.97 Å². The van der Waals surface area contributed by atoms with Gasteiger partial charge in [0, 0.05) is 23.9 Å². The summed E-state index contributed by atoms with van der Waals surface area (Å²) < 4.78 is 26.5. The molecule has 0 heterocycles. The third-order valence-corrected chi connectivity index (χ3v) is 4.46. The second-order valence-corrected chi connectivity index (χ2v) is 6.37. The Morgan fingerprint density at radius 3 is 2.13 bits per heavy atom. The zero-order valence-corrected chi connectivity index (χ0v) is 18.3. The van der Waals surface area contributed by atoms with Crippen molar-refractivity contribution >= 4 is 11.7 Å². The first-order chi connectivity index (χ1) is 14.9. The van der Waals surface area contributed by atoms with E-state index < -0.39 is 12.0 Å². The number of benzene rings is 1. The summed E-state index contributed by atoms with van der Waals surface area (Å²) >= 11 is 0. The van der Waals surface area contributed by atoms with Crippen LogP contribution in [-0.2, 0) is 9.53 Å². The van der Waals surface area contributed by atoms with Crippen LogP contribution in [0.4, 0.5) is 5.69 Å². The maximum absolute atomic E-state index is 12.5. The molecule has 0 fully saturated rings. The molecule has 8 nitrogen and oxygen atoms in total. The van der Waals surface area contributed by atoms with Gasteiger partial charge in [0.25, 0.3) is 0 Å². The number of anilines is 1. The number of esters is 1. The van der Waals surface area contributed by atoms with Gasteiger partial charge in [0.05, 0.1) is 46.7 Å². The van der Waals surface area contributed by atoms with Crippen LogP contribution < -0.4 is 29.7 Å². The van der Waals surface area contributed by atoms with E-state index in [0.717, 1.165) is 0 Å². The number of hydrogen-bond donors (Lipinski definition) is 1. The van der Waals surface area contributed by atoms with Gasteiger partial charge < -0.3 is 29.0 Å². The summed E-state index contributed by atoms with van der Waals surface area (Å²) in [5, 5.41) is 3.25. The van der Waals surface area contributed by atoms with E-state index in [1.54, 1.807) is 31.2 Å². The Hall–Kier alpha value is -3.68. The number of methoxy groups -OCH3 is 4. The van der Waals surface area contributed by atoms with Gasteiger partial charge in [-0.2, -0.15) is 0 Å². The highest BCUT2D eigenvalue weighted by Gasteiger charge is 2.24. The van der Waals surface area contributed by atoms with Crippen molar-refractivity contribution in [1.82, 2.24) is 0 Å². The molecule has 8 heteroatoms. The lowest BCUT2D eigenvalue weighted by molar-refractivity contribution is -0.138. The number of ether oxygens (including phenoxy) is 5. The Kier molecular flexibility index (Phi) is 8.31. The van der Waals surface area contributed by atoms with Crippen molar-refractivity contribution in [2.24, 2.45) is 0 Å². The number of rotatable bonds is 10. The molecule has 1 N–H and O–H groups in total. The smallest absolute Gasteiger partial charge is 0.335 e. The average molecular weight is 429 g/mol. The van der Waals surface area contributed by atoms with Crippen molar-refractivity contribution in [3.8, 4) is 23.0 Å². The molecule has 2 aromatic carbocycles. The summed E-state index contributed by atoms with van der Waals surface area (Å²) in [5.41, 5.74) is 1.05. The van der Waals surface area contributed by atoms with Gasteiger partial charge in [-0.15, -0.1) is 0 Å². The zero-order valence-electron chi connectivity index (χ0n) is 18.3. The molecule has 0 spiro atoms. The van der Waals surface area contributed by atoms with Crippen LogP contribution in [-0.4, -0.2) is 41.0 Å². The van der Waals surface area contributed by atoms with Gasteiger partial charge in [-0.3, -0.25) is 4.79 Å². The number of hydrogen-bond acceptors (Lipinski definition) is 8. The van der Waals surface area contributed by atoms with Crippen molar-refractivity contribution in [2.45, 2.75) is 13.0 Å². The van der Waals surface area contributed by atoms with Crippen LogP contribution in [0.15, 0.2) is 53.3 Å². The molecule has 0 radical (unpaired) electrons. The molecule has 0 saturated heterocycles. The van der Waals surface area contributed by atoms with Gasteiger partial charge in [0.2, 0.25) is 5.75 Å². The molecule has 0 aliphatic heterocycles. The van der Waals surface area contributed by atoms with Crippen molar-refractivity contribution in [1.29, 1.82) is 0 Å². The van der Waals surface area contributed by atoms with Gasteiger partial charge in [-0.05, 0) is 24.6 Å². The second-order valence-electron chi connectivity index (χ2n) is 6.37. The molecule has 0 bridgehead atoms. The average Bonchev–Trinajstić information content (AvgIpc) is 2.97. The van der Waals surface area contributed by atoms with Crippen molar-refractivity contribution in [3.05, 3.63) is 64.3 Å². The Bertz CT molecular complexity index is 978. The van der Waals surface area contributed by atoms with Crippen LogP contribution in [0.5, 0.6) is 23.0 Å². The van der Waals surface area contributed by atoms with E-state index in [1.807, 2.05) is 0 Å². The Balaban J connectivity index is 2.60. The summed E-state index contributed by atoms with van der Waals surface area (Å²) in [5.74, 6) is 1.07. The van der Waals surface area contributed by atoms with Crippen LogP contribution in [0.25, 0.3) is 0 Å². The SMILES string of the molecule is C=C(C(=O)OCC)[C@@H](Nc1cc(OC)c(OC)c(OC)c1)c1ccc(=O)cc(OC)c1. The number of carbonyl (C=O) groups excluding carboxylic acids is 1. The molecule has 0 amide bonds. The lowest BCUT2D eigenvalue weighted by Gasteiger charge is -2.23. The topological polar surface area (TPSA) is 92.3 Å². The molecule has 0 unspecified atom stereocenters. The van der Waals surface area contributed by atoms with E-state index in [-0.39, 0.29) is 17.6 Å². The number of nitrogens with one attached hydrogen (secondary N) is 1. The molecule has 31 heavy (non-hydrogen) atoms.